The first-order valence-corrected chi connectivity index (χ1v) is 7.38. The largest absolute Gasteiger partial charge is 0.390 e. The van der Waals surface area contributed by atoms with Gasteiger partial charge in [0.1, 0.15) is 11.0 Å². The quantitative estimate of drug-likeness (QED) is 0.758. The Morgan fingerprint density at radius 3 is 2.91 bits per heavy atom. The monoisotopic (exact) mass is 317 g/mol. The van der Waals surface area contributed by atoms with Crippen molar-refractivity contribution in [1.29, 1.82) is 0 Å². The number of aliphatic hydroxyl groups is 1. The van der Waals surface area contributed by atoms with E-state index < -0.39 is 12.1 Å². The fourth-order valence-corrected chi connectivity index (χ4v) is 2.94. The lowest BCUT2D eigenvalue weighted by atomic mass is 10.1. The van der Waals surface area contributed by atoms with Crippen molar-refractivity contribution in [2.45, 2.75) is 18.6 Å². The van der Waals surface area contributed by atoms with E-state index in [0.29, 0.717) is 17.8 Å². The van der Waals surface area contributed by atoms with Gasteiger partial charge in [-0.15, -0.1) is 0 Å². The van der Waals surface area contributed by atoms with Crippen LogP contribution in [0.1, 0.15) is 27.5 Å². The molecule has 2 aromatic rings. The van der Waals surface area contributed by atoms with Crippen LogP contribution < -0.4 is 10.6 Å². The lowest BCUT2D eigenvalue weighted by molar-refractivity contribution is 0.0858. The summed E-state index contributed by atoms with van der Waals surface area (Å²) < 4.78 is 0. The molecule has 0 aliphatic heterocycles. The Kier molecular flexibility index (Phi) is 4.00. The Balaban J connectivity index is 1.84. The number of aliphatic hydroxyl groups excluding tert-OH is 1. The van der Waals surface area contributed by atoms with Crippen LogP contribution in [0.3, 0.4) is 0 Å². The van der Waals surface area contributed by atoms with Crippen molar-refractivity contribution < 1.29 is 9.90 Å². The molecular weight excluding hydrogens is 302 g/mol. The lowest BCUT2D eigenvalue weighted by Gasteiger charge is -2.18. The molecule has 1 aromatic heterocycles. The van der Waals surface area contributed by atoms with E-state index in [1.54, 1.807) is 13.1 Å². The molecule has 0 saturated heterocycles. The number of carbonyl (C=O) groups is 1. The summed E-state index contributed by atoms with van der Waals surface area (Å²) >= 11 is 5.92. The van der Waals surface area contributed by atoms with Gasteiger partial charge in [-0.3, -0.25) is 4.79 Å². The predicted molar refractivity (Wildman–Crippen MR) is 85.2 cm³/mol. The second-order valence-corrected chi connectivity index (χ2v) is 5.62. The fourth-order valence-electron chi connectivity index (χ4n) is 2.73. The highest BCUT2D eigenvalue weighted by molar-refractivity contribution is 6.29. The van der Waals surface area contributed by atoms with Crippen molar-refractivity contribution >= 4 is 23.3 Å². The van der Waals surface area contributed by atoms with Gasteiger partial charge in [0.2, 0.25) is 0 Å². The number of hydrogen-bond acceptors (Lipinski definition) is 4. The van der Waals surface area contributed by atoms with Crippen LogP contribution in [0.5, 0.6) is 0 Å². The van der Waals surface area contributed by atoms with E-state index in [4.69, 9.17) is 11.6 Å². The average Bonchev–Trinajstić information content (AvgIpc) is 2.82. The van der Waals surface area contributed by atoms with Crippen molar-refractivity contribution in [3.05, 3.63) is 58.2 Å². The number of halogens is 1. The summed E-state index contributed by atoms with van der Waals surface area (Å²) in [5.74, 6) is 0.228. The zero-order valence-electron chi connectivity index (χ0n) is 12.0. The summed E-state index contributed by atoms with van der Waals surface area (Å²) in [5.41, 5.74) is 2.42. The molecule has 114 valence electrons. The van der Waals surface area contributed by atoms with Crippen molar-refractivity contribution in [1.82, 2.24) is 10.3 Å². The van der Waals surface area contributed by atoms with Gasteiger partial charge >= 0.3 is 0 Å². The Bertz CT molecular complexity index is 720. The zero-order chi connectivity index (χ0) is 15.7. The highest BCUT2D eigenvalue weighted by atomic mass is 35.5. The normalized spacial score (nSPS) is 19.6. The highest BCUT2D eigenvalue weighted by Gasteiger charge is 2.32. The third-order valence-corrected chi connectivity index (χ3v) is 4.00. The molecule has 1 heterocycles. The summed E-state index contributed by atoms with van der Waals surface area (Å²) in [6.45, 7) is 0. The number of aromatic nitrogens is 1. The van der Waals surface area contributed by atoms with E-state index in [0.717, 1.165) is 11.1 Å². The number of nitrogens with one attached hydrogen (secondary N) is 2. The first-order valence-electron chi connectivity index (χ1n) is 7.00. The molecule has 3 rings (SSSR count). The van der Waals surface area contributed by atoms with Gasteiger partial charge in [-0.2, -0.15) is 0 Å². The van der Waals surface area contributed by atoms with E-state index in [1.165, 1.54) is 6.07 Å². The average molecular weight is 318 g/mol. The van der Waals surface area contributed by atoms with Crippen LogP contribution in [0.25, 0.3) is 0 Å². The fraction of sp³-hybridized carbons (Fsp3) is 0.250. The van der Waals surface area contributed by atoms with E-state index in [1.807, 2.05) is 24.3 Å². The number of rotatable bonds is 3. The number of amides is 1. The SMILES string of the molecule is CNc1cc(C(=O)N[C@@H]2c3ccccc3C[C@@H]2O)cc(Cl)n1. The molecule has 1 aromatic carbocycles. The summed E-state index contributed by atoms with van der Waals surface area (Å²) in [6, 6.07) is 10.4. The zero-order valence-corrected chi connectivity index (χ0v) is 12.8. The second-order valence-electron chi connectivity index (χ2n) is 5.24. The van der Waals surface area contributed by atoms with Gasteiger partial charge < -0.3 is 15.7 Å². The molecular formula is C16H16ClN3O2. The minimum atomic E-state index is -0.623. The number of carbonyl (C=O) groups excluding carboxylic acids is 1. The predicted octanol–water partition coefficient (Wildman–Crippen LogP) is 2.16. The van der Waals surface area contributed by atoms with E-state index in [2.05, 4.69) is 15.6 Å². The third-order valence-electron chi connectivity index (χ3n) is 3.80. The minimum absolute atomic E-state index is 0.240. The van der Waals surface area contributed by atoms with Gasteiger partial charge in [0.05, 0.1) is 12.1 Å². The summed E-state index contributed by atoms with van der Waals surface area (Å²) in [7, 11) is 1.71. The first kappa shape index (κ1) is 14.8. The molecule has 0 saturated carbocycles. The molecule has 1 aliphatic carbocycles. The number of nitrogens with zero attached hydrogens (tertiary/aromatic N) is 1. The molecule has 5 nitrogen and oxygen atoms in total. The van der Waals surface area contributed by atoms with Crippen LogP contribution in [0.2, 0.25) is 5.15 Å². The molecule has 1 aliphatic rings. The molecule has 22 heavy (non-hydrogen) atoms. The number of pyridine rings is 1. The van der Waals surface area contributed by atoms with Crippen molar-refractivity contribution in [2.24, 2.45) is 0 Å². The van der Waals surface area contributed by atoms with Gasteiger partial charge in [0.15, 0.2) is 0 Å². The highest BCUT2D eigenvalue weighted by Crippen LogP contribution is 2.31. The summed E-state index contributed by atoms with van der Waals surface area (Å²) in [5, 5.41) is 16.2. The molecule has 6 heteroatoms. The van der Waals surface area contributed by atoms with Gasteiger partial charge in [0, 0.05) is 19.0 Å². The standard InChI is InChI=1S/C16H16ClN3O2/c1-18-14-8-10(7-13(17)19-14)16(22)20-15-11-5-3-2-4-9(11)6-12(15)21/h2-5,7-8,12,15,21H,6H2,1H3,(H,18,19)(H,20,22)/t12-,15+/m0/s1. The smallest absolute Gasteiger partial charge is 0.252 e. The molecule has 1 amide bonds. The first-order chi connectivity index (χ1) is 10.6. The van der Waals surface area contributed by atoms with Crippen LogP contribution in [0, 0.1) is 0 Å². The number of anilines is 1. The van der Waals surface area contributed by atoms with Gasteiger partial charge in [-0.05, 0) is 23.3 Å². The molecule has 3 N–H and O–H groups in total. The van der Waals surface area contributed by atoms with Crippen molar-refractivity contribution in [3.8, 4) is 0 Å². The Morgan fingerprint density at radius 1 is 1.36 bits per heavy atom. The van der Waals surface area contributed by atoms with Crippen LogP contribution in [-0.4, -0.2) is 29.1 Å². The van der Waals surface area contributed by atoms with E-state index >= 15 is 0 Å². The molecule has 0 spiro atoms. The minimum Gasteiger partial charge on any atom is -0.390 e. The van der Waals surface area contributed by atoms with E-state index in [-0.39, 0.29) is 11.1 Å². The summed E-state index contributed by atoms with van der Waals surface area (Å²) in [6.07, 6.45) is -0.0811. The third kappa shape index (κ3) is 2.77. The molecule has 0 bridgehead atoms. The topological polar surface area (TPSA) is 74.2 Å². The molecule has 0 unspecified atom stereocenters. The van der Waals surface area contributed by atoms with E-state index in [9.17, 15) is 9.90 Å². The maximum absolute atomic E-state index is 12.4. The van der Waals surface area contributed by atoms with Gasteiger partial charge in [-0.1, -0.05) is 35.9 Å². The van der Waals surface area contributed by atoms with Crippen molar-refractivity contribution in [3.63, 3.8) is 0 Å². The molecule has 2 atom stereocenters. The lowest BCUT2D eigenvalue weighted by Crippen LogP contribution is -2.33. The van der Waals surface area contributed by atoms with Gasteiger partial charge in [-0.25, -0.2) is 4.98 Å². The number of fused-ring (bicyclic) bond motifs is 1. The Hall–Kier alpha value is -2.11. The second kappa shape index (κ2) is 5.94. The van der Waals surface area contributed by atoms with Crippen LogP contribution in [0.15, 0.2) is 36.4 Å². The van der Waals surface area contributed by atoms with Crippen molar-refractivity contribution in [2.75, 3.05) is 12.4 Å². The maximum atomic E-state index is 12.4. The van der Waals surface area contributed by atoms with Crippen LogP contribution >= 0.6 is 11.6 Å². The molecule has 0 fully saturated rings. The summed E-state index contributed by atoms with van der Waals surface area (Å²) in [4.78, 5) is 16.5. The number of hydrogen-bond donors (Lipinski definition) is 3. The van der Waals surface area contributed by atoms with Gasteiger partial charge in [0.25, 0.3) is 5.91 Å². The van der Waals surface area contributed by atoms with Crippen LogP contribution in [0.4, 0.5) is 5.82 Å². The molecule has 0 radical (unpaired) electrons. The Morgan fingerprint density at radius 2 is 2.14 bits per heavy atom. The van der Waals surface area contributed by atoms with Crippen LogP contribution in [-0.2, 0) is 6.42 Å². The maximum Gasteiger partial charge on any atom is 0.252 e. The number of benzene rings is 1. The Labute approximate surface area is 133 Å².